The van der Waals surface area contributed by atoms with Gasteiger partial charge in [0.15, 0.2) is 0 Å². The van der Waals surface area contributed by atoms with Gasteiger partial charge >= 0.3 is 0 Å². The molecule has 0 spiro atoms. The van der Waals surface area contributed by atoms with E-state index in [1.807, 2.05) is 4.90 Å². The SMILES string of the molecule is Cl.NCCN1CCN(C(=O)CN2CCCC2)CC1. The van der Waals surface area contributed by atoms with Crippen LogP contribution in [0.1, 0.15) is 12.8 Å². The van der Waals surface area contributed by atoms with E-state index in [9.17, 15) is 4.79 Å². The van der Waals surface area contributed by atoms with E-state index in [2.05, 4.69) is 9.80 Å². The predicted octanol–water partition coefficient (Wildman–Crippen LogP) is -0.393. The van der Waals surface area contributed by atoms with E-state index in [4.69, 9.17) is 5.73 Å². The van der Waals surface area contributed by atoms with Gasteiger partial charge in [-0.05, 0) is 25.9 Å². The summed E-state index contributed by atoms with van der Waals surface area (Å²) in [7, 11) is 0. The molecule has 2 heterocycles. The summed E-state index contributed by atoms with van der Waals surface area (Å²) in [5, 5.41) is 0. The number of hydrogen-bond donors (Lipinski definition) is 1. The van der Waals surface area contributed by atoms with Crippen molar-refractivity contribution in [3.05, 3.63) is 0 Å². The Morgan fingerprint density at radius 1 is 0.944 bits per heavy atom. The Bertz CT molecular complexity index is 250. The third kappa shape index (κ3) is 4.39. The van der Waals surface area contributed by atoms with E-state index in [-0.39, 0.29) is 12.4 Å². The molecule has 2 fully saturated rings. The second-order valence-corrected chi connectivity index (χ2v) is 4.99. The van der Waals surface area contributed by atoms with Crippen LogP contribution in [0.15, 0.2) is 0 Å². The van der Waals surface area contributed by atoms with Crippen molar-refractivity contribution in [2.24, 2.45) is 5.73 Å². The van der Waals surface area contributed by atoms with Gasteiger partial charge in [-0.2, -0.15) is 0 Å². The third-order valence-electron chi connectivity index (χ3n) is 3.73. The zero-order valence-electron chi connectivity index (χ0n) is 11.0. The number of amides is 1. The summed E-state index contributed by atoms with van der Waals surface area (Å²) in [6, 6.07) is 0. The molecule has 0 bridgehead atoms. The molecule has 2 aliphatic heterocycles. The lowest BCUT2D eigenvalue weighted by atomic mass is 10.3. The van der Waals surface area contributed by atoms with Crippen LogP contribution in [0, 0.1) is 0 Å². The van der Waals surface area contributed by atoms with Crippen LogP contribution in [0.4, 0.5) is 0 Å². The Morgan fingerprint density at radius 2 is 1.56 bits per heavy atom. The van der Waals surface area contributed by atoms with Gasteiger partial charge in [0, 0.05) is 39.3 Å². The summed E-state index contributed by atoms with van der Waals surface area (Å²) in [6.07, 6.45) is 2.50. The van der Waals surface area contributed by atoms with Crippen LogP contribution in [0.5, 0.6) is 0 Å². The molecule has 6 heteroatoms. The first kappa shape index (κ1) is 15.7. The average molecular weight is 277 g/mol. The number of hydrogen-bond acceptors (Lipinski definition) is 4. The molecule has 2 rings (SSSR count). The largest absolute Gasteiger partial charge is 0.339 e. The van der Waals surface area contributed by atoms with Gasteiger partial charge in [0.25, 0.3) is 0 Å². The van der Waals surface area contributed by atoms with Crippen molar-refractivity contribution in [1.82, 2.24) is 14.7 Å². The summed E-state index contributed by atoms with van der Waals surface area (Å²) < 4.78 is 0. The highest BCUT2D eigenvalue weighted by Gasteiger charge is 2.23. The first-order valence-electron chi connectivity index (χ1n) is 6.72. The standard InChI is InChI=1S/C12H24N4O.ClH/c13-3-6-14-7-9-16(10-8-14)12(17)11-15-4-1-2-5-15;/h1-11,13H2;1H. The lowest BCUT2D eigenvalue weighted by Gasteiger charge is -2.35. The van der Waals surface area contributed by atoms with Crippen LogP contribution in [0.3, 0.4) is 0 Å². The van der Waals surface area contributed by atoms with E-state index in [1.54, 1.807) is 0 Å². The summed E-state index contributed by atoms with van der Waals surface area (Å²) in [4.78, 5) is 18.7. The van der Waals surface area contributed by atoms with Crippen molar-refractivity contribution >= 4 is 18.3 Å². The van der Waals surface area contributed by atoms with Gasteiger partial charge in [-0.25, -0.2) is 0 Å². The van der Waals surface area contributed by atoms with Crippen LogP contribution in [-0.4, -0.2) is 79.5 Å². The molecule has 1 amide bonds. The van der Waals surface area contributed by atoms with Gasteiger partial charge in [-0.3, -0.25) is 14.6 Å². The van der Waals surface area contributed by atoms with E-state index >= 15 is 0 Å². The predicted molar refractivity (Wildman–Crippen MR) is 75.0 cm³/mol. The summed E-state index contributed by atoms with van der Waals surface area (Å²) >= 11 is 0. The Labute approximate surface area is 116 Å². The molecule has 106 valence electrons. The molecule has 0 aromatic rings. The quantitative estimate of drug-likeness (QED) is 0.760. The molecule has 0 radical (unpaired) electrons. The molecule has 0 aromatic carbocycles. The number of nitrogens with zero attached hydrogens (tertiary/aromatic N) is 3. The number of likely N-dealkylation sites (tertiary alicyclic amines) is 1. The van der Waals surface area contributed by atoms with E-state index in [1.165, 1.54) is 12.8 Å². The molecule has 0 aromatic heterocycles. The normalized spacial score (nSPS) is 21.9. The molecule has 0 saturated carbocycles. The maximum absolute atomic E-state index is 12.1. The molecule has 2 aliphatic rings. The van der Waals surface area contributed by atoms with Gasteiger partial charge in [0.1, 0.15) is 0 Å². The van der Waals surface area contributed by atoms with E-state index in [0.29, 0.717) is 19.0 Å². The van der Waals surface area contributed by atoms with Crippen LogP contribution < -0.4 is 5.73 Å². The van der Waals surface area contributed by atoms with Gasteiger partial charge in [0.2, 0.25) is 5.91 Å². The molecule has 5 nitrogen and oxygen atoms in total. The number of rotatable bonds is 4. The molecular weight excluding hydrogens is 252 g/mol. The van der Waals surface area contributed by atoms with Gasteiger partial charge in [0.05, 0.1) is 6.54 Å². The summed E-state index contributed by atoms with van der Waals surface area (Å²) in [6.45, 7) is 8.16. The first-order valence-corrected chi connectivity index (χ1v) is 6.72. The smallest absolute Gasteiger partial charge is 0.236 e. The molecular formula is C12H25ClN4O. The second kappa shape index (κ2) is 7.94. The van der Waals surface area contributed by atoms with Crippen LogP contribution in [0.2, 0.25) is 0 Å². The molecule has 0 atom stereocenters. The van der Waals surface area contributed by atoms with Gasteiger partial charge < -0.3 is 10.6 Å². The minimum Gasteiger partial charge on any atom is -0.339 e. The fraction of sp³-hybridized carbons (Fsp3) is 0.917. The Kier molecular flexibility index (Phi) is 6.92. The Balaban J connectivity index is 0.00000162. The lowest BCUT2D eigenvalue weighted by molar-refractivity contribution is -0.133. The second-order valence-electron chi connectivity index (χ2n) is 4.99. The number of carbonyl (C=O) groups is 1. The minimum atomic E-state index is 0. The molecule has 0 aliphatic carbocycles. The van der Waals surface area contributed by atoms with Crippen LogP contribution in [0.25, 0.3) is 0 Å². The number of carbonyl (C=O) groups excluding carboxylic acids is 1. The van der Waals surface area contributed by atoms with Crippen molar-refractivity contribution in [2.75, 3.05) is 58.9 Å². The van der Waals surface area contributed by atoms with Gasteiger partial charge in [-0.1, -0.05) is 0 Å². The monoisotopic (exact) mass is 276 g/mol. The Morgan fingerprint density at radius 3 is 2.11 bits per heavy atom. The number of piperazine rings is 1. The molecule has 18 heavy (non-hydrogen) atoms. The molecule has 0 unspecified atom stereocenters. The topological polar surface area (TPSA) is 52.8 Å². The van der Waals surface area contributed by atoms with Crippen molar-refractivity contribution in [3.63, 3.8) is 0 Å². The lowest BCUT2D eigenvalue weighted by Crippen LogP contribution is -2.51. The maximum Gasteiger partial charge on any atom is 0.236 e. The number of nitrogens with two attached hydrogens (primary N) is 1. The maximum atomic E-state index is 12.1. The first-order chi connectivity index (χ1) is 8.29. The highest BCUT2D eigenvalue weighted by atomic mass is 35.5. The van der Waals surface area contributed by atoms with Crippen molar-refractivity contribution in [2.45, 2.75) is 12.8 Å². The minimum absolute atomic E-state index is 0. The van der Waals surface area contributed by atoms with Crippen molar-refractivity contribution < 1.29 is 4.79 Å². The zero-order chi connectivity index (χ0) is 12.1. The molecule has 2 saturated heterocycles. The van der Waals surface area contributed by atoms with E-state index in [0.717, 1.165) is 45.8 Å². The fourth-order valence-corrected chi connectivity index (χ4v) is 2.64. The fourth-order valence-electron chi connectivity index (χ4n) is 2.64. The average Bonchev–Trinajstić information content (AvgIpc) is 2.83. The van der Waals surface area contributed by atoms with Crippen LogP contribution >= 0.6 is 12.4 Å². The summed E-state index contributed by atoms with van der Waals surface area (Å²) in [5.74, 6) is 0.305. The highest BCUT2D eigenvalue weighted by Crippen LogP contribution is 2.08. The van der Waals surface area contributed by atoms with E-state index < -0.39 is 0 Å². The Hall–Kier alpha value is -0.360. The highest BCUT2D eigenvalue weighted by molar-refractivity contribution is 5.85. The third-order valence-corrected chi connectivity index (χ3v) is 3.73. The zero-order valence-corrected chi connectivity index (χ0v) is 11.8. The van der Waals surface area contributed by atoms with Gasteiger partial charge in [-0.15, -0.1) is 12.4 Å². The van der Waals surface area contributed by atoms with Crippen LogP contribution in [-0.2, 0) is 4.79 Å². The van der Waals surface area contributed by atoms with Crippen molar-refractivity contribution in [3.8, 4) is 0 Å². The summed E-state index contributed by atoms with van der Waals surface area (Å²) in [5.41, 5.74) is 5.53. The number of halogens is 1. The molecule has 2 N–H and O–H groups in total. The van der Waals surface area contributed by atoms with Crippen molar-refractivity contribution in [1.29, 1.82) is 0 Å².